The topological polar surface area (TPSA) is 78.9 Å². The third-order valence-electron chi connectivity index (χ3n) is 15.1. The molecule has 6 nitrogen and oxygen atoms in total. The summed E-state index contributed by atoms with van der Waals surface area (Å²) in [5, 5.41) is 0. The molecule has 0 bridgehead atoms. The molecular weight excluding hydrogens is 937 g/mol. The average Bonchev–Trinajstić information content (AvgIpc) is 3.42. The molecule has 0 amide bonds. The van der Waals surface area contributed by atoms with Crippen molar-refractivity contribution in [3.63, 3.8) is 0 Å². The fourth-order valence-electron chi connectivity index (χ4n) is 9.96. The number of unbranched alkanes of at least 4 members (excludes halogenated alkanes) is 43. The molecule has 76 heavy (non-hydrogen) atoms. The molecular formula is C70H128O6. The average molecular weight is 1070 g/mol. The van der Waals surface area contributed by atoms with Gasteiger partial charge in [-0.2, -0.15) is 0 Å². The predicted molar refractivity (Wildman–Crippen MR) is 330 cm³/mol. The molecule has 0 aromatic rings. The van der Waals surface area contributed by atoms with E-state index < -0.39 is 6.10 Å². The molecule has 1 unspecified atom stereocenters. The largest absolute Gasteiger partial charge is 0.462 e. The number of hydrogen-bond donors (Lipinski definition) is 0. The number of allylic oxidation sites excluding steroid dienone is 8. The molecule has 0 heterocycles. The van der Waals surface area contributed by atoms with Crippen LogP contribution >= 0.6 is 0 Å². The Labute approximate surface area is 473 Å². The van der Waals surface area contributed by atoms with Gasteiger partial charge >= 0.3 is 17.9 Å². The van der Waals surface area contributed by atoms with E-state index in [1.807, 2.05) is 0 Å². The molecule has 444 valence electrons. The van der Waals surface area contributed by atoms with Gasteiger partial charge in [0.1, 0.15) is 13.2 Å². The minimum atomic E-state index is -0.775. The Morgan fingerprint density at radius 1 is 0.263 bits per heavy atom. The smallest absolute Gasteiger partial charge is 0.306 e. The molecule has 0 spiro atoms. The minimum absolute atomic E-state index is 0.0727. The van der Waals surface area contributed by atoms with Gasteiger partial charge in [0.05, 0.1) is 0 Å². The first kappa shape index (κ1) is 73.4. The molecule has 0 saturated heterocycles. The summed E-state index contributed by atoms with van der Waals surface area (Å²) in [6, 6.07) is 0. The molecule has 0 aliphatic carbocycles. The van der Waals surface area contributed by atoms with Gasteiger partial charge in [0.2, 0.25) is 0 Å². The summed E-state index contributed by atoms with van der Waals surface area (Å²) in [4.78, 5) is 38.3. The Morgan fingerprint density at radius 2 is 0.487 bits per heavy atom. The van der Waals surface area contributed by atoms with Gasteiger partial charge in [-0.15, -0.1) is 0 Å². The highest BCUT2D eigenvalue weighted by Gasteiger charge is 2.19. The van der Waals surface area contributed by atoms with E-state index in [9.17, 15) is 14.4 Å². The van der Waals surface area contributed by atoms with Gasteiger partial charge in [-0.05, 0) is 77.0 Å². The first-order valence-corrected chi connectivity index (χ1v) is 33.6. The predicted octanol–water partition coefficient (Wildman–Crippen LogP) is 22.9. The maximum Gasteiger partial charge on any atom is 0.306 e. The number of ether oxygens (including phenoxy) is 3. The standard InChI is InChI=1S/C70H128O6/c1-4-7-10-13-16-19-22-24-26-28-30-32-33-34-35-36-37-38-40-41-43-45-48-51-54-57-60-63-69(72)75-66-67(65-74-68(71)62-59-56-53-50-47-21-18-15-12-9-6-3)76-70(73)64-61-58-55-52-49-46-44-42-39-31-29-27-25-23-20-17-14-11-8-5-2/h15,18,22,24,28,30,33-34,67H,4-14,16-17,19-21,23,25-27,29,31-32,35-66H2,1-3H3/b18-15-,24-22-,30-28-,34-33-. The summed E-state index contributed by atoms with van der Waals surface area (Å²) in [6.07, 6.45) is 81.3. The van der Waals surface area contributed by atoms with Gasteiger partial charge in [0.15, 0.2) is 6.10 Å². The molecule has 0 N–H and O–H groups in total. The molecule has 0 aromatic carbocycles. The second-order valence-corrected chi connectivity index (χ2v) is 22.7. The van der Waals surface area contributed by atoms with Crippen LogP contribution in [0.5, 0.6) is 0 Å². The van der Waals surface area contributed by atoms with Crippen LogP contribution in [0, 0.1) is 0 Å². The van der Waals surface area contributed by atoms with Gasteiger partial charge in [-0.3, -0.25) is 14.4 Å². The maximum atomic E-state index is 12.9. The number of hydrogen-bond acceptors (Lipinski definition) is 6. The van der Waals surface area contributed by atoms with Gasteiger partial charge in [-0.1, -0.05) is 313 Å². The number of rotatable bonds is 62. The van der Waals surface area contributed by atoms with Crippen LogP contribution in [0.15, 0.2) is 48.6 Å². The summed E-state index contributed by atoms with van der Waals surface area (Å²) in [5.41, 5.74) is 0. The molecule has 6 heteroatoms. The lowest BCUT2D eigenvalue weighted by atomic mass is 10.0. The molecule has 0 aliphatic rings. The number of carbonyl (C=O) groups excluding carboxylic acids is 3. The lowest BCUT2D eigenvalue weighted by Gasteiger charge is -2.18. The van der Waals surface area contributed by atoms with Crippen molar-refractivity contribution < 1.29 is 28.6 Å². The highest BCUT2D eigenvalue weighted by atomic mass is 16.6. The van der Waals surface area contributed by atoms with Crippen molar-refractivity contribution in [1.82, 2.24) is 0 Å². The van der Waals surface area contributed by atoms with Crippen molar-refractivity contribution in [1.29, 1.82) is 0 Å². The molecule has 1 atom stereocenters. The van der Waals surface area contributed by atoms with Crippen LogP contribution in [0.25, 0.3) is 0 Å². The van der Waals surface area contributed by atoms with Crippen molar-refractivity contribution >= 4 is 17.9 Å². The lowest BCUT2D eigenvalue weighted by Crippen LogP contribution is -2.30. The fraction of sp³-hybridized carbons (Fsp3) is 0.843. The van der Waals surface area contributed by atoms with E-state index >= 15 is 0 Å². The van der Waals surface area contributed by atoms with E-state index in [0.29, 0.717) is 19.3 Å². The second kappa shape index (κ2) is 64.9. The summed E-state index contributed by atoms with van der Waals surface area (Å²) >= 11 is 0. The van der Waals surface area contributed by atoms with E-state index in [-0.39, 0.29) is 31.1 Å². The second-order valence-electron chi connectivity index (χ2n) is 22.7. The number of esters is 3. The van der Waals surface area contributed by atoms with Crippen LogP contribution in [0.1, 0.15) is 361 Å². The number of carbonyl (C=O) groups is 3. The Kier molecular flexibility index (Phi) is 62.6. The van der Waals surface area contributed by atoms with E-state index in [2.05, 4.69) is 69.4 Å². The van der Waals surface area contributed by atoms with E-state index in [1.165, 1.54) is 244 Å². The SMILES string of the molecule is CCCC/C=C\CCCCCCCC(=O)OCC(COC(=O)CCCCCCCCCCCCCC/C=C\C/C=C\C/C=C\CCCCCCC)OC(=O)CCCCCCCCCCCCCCCCCCCCCC. The summed E-state index contributed by atoms with van der Waals surface area (Å²) < 4.78 is 16.9. The fourth-order valence-corrected chi connectivity index (χ4v) is 9.96. The monoisotopic (exact) mass is 1060 g/mol. The molecule has 0 fully saturated rings. The van der Waals surface area contributed by atoms with Gasteiger partial charge in [0, 0.05) is 19.3 Å². The van der Waals surface area contributed by atoms with Crippen molar-refractivity contribution in [3.8, 4) is 0 Å². The molecule has 0 rings (SSSR count). The van der Waals surface area contributed by atoms with Crippen LogP contribution in [0.3, 0.4) is 0 Å². The van der Waals surface area contributed by atoms with Crippen molar-refractivity contribution in [2.75, 3.05) is 13.2 Å². The van der Waals surface area contributed by atoms with Gasteiger partial charge in [0.25, 0.3) is 0 Å². The Balaban J connectivity index is 4.20. The van der Waals surface area contributed by atoms with Crippen LogP contribution < -0.4 is 0 Å². The lowest BCUT2D eigenvalue weighted by molar-refractivity contribution is -0.167. The zero-order chi connectivity index (χ0) is 55.0. The third kappa shape index (κ3) is 62.2. The Morgan fingerprint density at radius 3 is 0.789 bits per heavy atom. The highest BCUT2D eigenvalue weighted by Crippen LogP contribution is 2.18. The van der Waals surface area contributed by atoms with Crippen LogP contribution in [-0.2, 0) is 28.6 Å². The Bertz CT molecular complexity index is 1310. The normalized spacial score (nSPS) is 12.3. The van der Waals surface area contributed by atoms with Crippen LogP contribution in [0.4, 0.5) is 0 Å². The van der Waals surface area contributed by atoms with Crippen molar-refractivity contribution in [3.05, 3.63) is 48.6 Å². The highest BCUT2D eigenvalue weighted by molar-refractivity contribution is 5.71. The maximum absolute atomic E-state index is 12.9. The molecule has 0 aromatic heterocycles. The van der Waals surface area contributed by atoms with Crippen LogP contribution in [0.2, 0.25) is 0 Å². The first-order valence-electron chi connectivity index (χ1n) is 33.6. The Hall–Kier alpha value is -2.63. The summed E-state index contributed by atoms with van der Waals surface area (Å²) in [5.74, 6) is -0.862. The zero-order valence-corrected chi connectivity index (χ0v) is 51.0. The van der Waals surface area contributed by atoms with Crippen LogP contribution in [-0.4, -0.2) is 37.2 Å². The molecule has 0 radical (unpaired) electrons. The summed E-state index contributed by atoms with van der Waals surface area (Å²) in [6.45, 7) is 6.64. The quantitative estimate of drug-likeness (QED) is 0.0261. The molecule has 0 aliphatic heterocycles. The summed E-state index contributed by atoms with van der Waals surface area (Å²) in [7, 11) is 0. The van der Waals surface area contributed by atoms with E-state index in [1.54, 1.807) is 0 Å². The van der Waals surface area contributed by atoms with Gasteiger partial charge < -0.3 is 14.2 Å². The minimum Gasteiger partial charge on any atom is -0.462 e. The first-order chi connectivity index (χ1) is 37.5. The van der Waals surface area contributed by atoms with Crippen molar-refractivity contribution in [2.45, 2.75) is 367 Å². The van der Waals surface area contributed by atoms with Gasteiger partial charge in [-0.25, -0.2) is 0 Å². The third-order valence-corrected chi connectivity index (χ3v) is 15.1. The molecule has 0 saturated carbocycles. The van der Waals surface area contributed by atoms with E-state index in [4.69, 9.17) is 14.2 Å². The van der Waals surface area contributed by atoms with Crippen molar-refractivity contribution in [2.24, 2.45) is 0 Å². The zero-order valence-electron chi connectivity index (χ0n) is 51.0. The van der Waals surface area contributed by atoms with E-state index in [0.717, 1.165) is 77.0 Å².